The summed E-state index contributed by atoms with van der Waals surface area (Å²) in [5.41, 5.74) is 2.15. The lowest BCUT2D eigenvalue weighted by molar-refractivity contribution is -0.109. The van der Waals surface area contributed by atoms with Crippen LogP contribution < -0.4 is 0 Å². The molecule has 0 aromatic heterocycles. The lowest BCUT2D eigenvalue weighted by atomic mass is 10.00. The Bertz CT molecular complexity index is 512. The van der Waals surface area contributed by atoms with Crippen LogP contribution in [0.1, 0.15) is 40.9 Å². The standard InChI is InChI=1S/C14H16O4S/c1-8(15)19-7-13(17)14(18)10-3-2-9-4-5-12(16)11(9)6-10/h2-3,6,13-14,17-18H,4-5,7H2,1H3. The van der Waals surface area contributed by atoms with E-state index in [1.807, 2.05) is 6.07 Å². The largest absolute Gasteiger partial charge is 0.389 e. The predicted octanol–water partition coefficient (Wildman–Crippen LogP) is 1.49. The van der Waals surface area contributed by atoms with Gasteiger partial charge in [0, 0.05) is 24.7 Å². The van der Waals surface area contributed by atoms with Crippen molar-refractivity contribution in [2.45, 2.75) is 32.0 Å². The first-order valence-electron chi connectivity index (χ1n) is 6.14. The molecule has 0 radical (unpaired) electrons. The number of hydrogen-bond acceptors (Lipinski definition) is 5. The molecule has 0 saturated carbocycles. The molecule has 1 aromatic rings. The van der Waals surface area contributed by atoms with Gasteiger partial charge in [-0.05, 0) is 23.6 Å². The van der Waals surface area contributed by atoms with E-state index in [0.717, 1.165) is 23.7 Å². The van der Waals surface area contributed by atoms with Gasteiger partial charge in [0.15, 0.2) is 10.9 Å². The highest BCUT2D eigenvalue weighted by Gasteiger charge is 2.24. The van der Waals surface area contributed by atoms with Crippen LogP contribution in [-0.4, -0.2) is 33.0 Å². The van der Waals surface area contributed by atoms with Crippen LogP contribution >= 0.6 is 11.8 Å². The molecule has 2 rings (SSSR count). The molecule has 1 aliphatic rings. The van der Waals surface area contributed by atoms with Crippen LogP contribution in [0.25, 0.3) is 0 Å². The summed E-state index contributed by atoms with van der Waals surface area (Å²) in [7, 11) is 0. The Morgan fingerprint density at radius 1 is 1.37 bits per heavy atom. The second kappa shape index (κ2) is 5.86. The predicted molar refractivity (Wildman–Crippen MR) is 73.2 cm³/mol. The van der Waals surface area contributed by atoms with Crippen molar-refractivity contribution in [2.75, 3.05) is 5.75 Å². The maximum Gasteiger partial charge on any atom is 0.185 e. The fourth-order valence-electron chi connectivity index (χ4n) is 2.15. The number of ketones is 1. The lowest BCUT2D eigenvalue weighted by Gasteiger charge is -2.18. The highest BCUT2D eigenvalue weighted by molar-refractivity contribution is 8.13. The first-order valence-corrected chi connectivity index (χ1v) is 7.13. The van der Waals surface area contributed by atoms with Gasteiger partial charge < -0.3 is 10.2 Å². The second-order valence-electron chi connectivity index (χ2n) is 4.65. The normalized spacial score (nSPS) is 17.1. The second-order valence-corrected chi connectivity index (χ2v) is 5.85. The van der Waals surface area contributed by atoms with Gasteiger partial charge in [-0.2, -0.15) is 0 Å². The zero-order valence-corrected chi connectivity index (χ0v) is 11.4. The summed E-state index contributed by atoms with van der Waals surface area (Å²) < 4.78 is 0. The fourth-order valence-corrected chi connectivity index (χ4v) is 2.74. The molecule has 1 aromatic carbocycles. The zero-order valence-electron chi connectivity index (χ0n) is 10.6. The van der Waals surface area contributed by atoms with E-state index in [2.05, 4.69) is 0 Å². The van der Waals surface area contributed by atoms with Crippen LogP contribution in [-0.2, 0) is 11.2 Å². The zero-order chi connectivity index (χ0) is 14.0. The van der Waals surface area contributed by atoms with Crippen LogP contribution in [0.5, 0.6) is 0 Å². The van der Waals surface area contributed by atoms with Crippen molar-refractivity contribution >= 4 is 22.7 Å². The number of benzene rings is 1. The minimum atomic E-state index is -1.08. The molecule has 0 amide bonds. The van der Waals surface area contributed by atoms with E-state index in [0.29, 0.717) is 17.5 Å². The molecule has 0 spiro atoms. The Kier molecular flexibility index (Phi) is 4.39. The van der Waals surface area contributed by atoms with Crippen molar-refractivity contribution in [2.24, 2.45) is 0 Å². The van der Waals surface area contributed by atoms with Crippen LogP contribution in [0.3, 0.4) is 0 Å². The van der Waals surface area contributed by atoms with Gasteiger partial charge in [0.25, 0.3) is 0 Å². The van der Waals surface area contributed by atoms with Crippen molar-refractivity contribution in [3.63, 3.8) is 0 Å². The van der Waals surface area contributed by atoms with Gasteiger partial charge in [-0.25, -0.2) is 0 Å². The van der Waals surface area contributed by atoms with Crippen LogP contribution in [0, 0.1) is 0 Å². The number of Topliss-reactive ketones (excluding diaryl/α,β-unsaturated/α-hetero) is 1. The number of aliphatic hydroxyl groups is 2. The number of carbonyl (C=O) groups excluding carboxylic acids is 2. The molecular weight excluding hydrogens is 264 g/mol. The molecular formula is C14H16O4S. The molecule has 4 nitrogen and oxygen atoms in total. The molecule has 0 heterocycles. The van der Waals surface area contributed by atoms with Crippen molar-refractivity contribution in [3.05, 3.63) is 34.9 Å². The molecule has 19 heavy (non-hydrogen) atoms. The monoisotopic (exact) mass is 280 g/mol. The molecule has 0 saturated heterocycles. The Morgan fingerprint density at radius 3 is 2.79 bits per heavy atom. The first kappa shape index (κ1) is 14.2. The highest BCUT2D eigenvalue weighted by atomic mass is 32.2. The average Bonchev–Trinajstić information content (AvgIpc) is 2.76. The third-order valence-electron chi connectivity index (χ3n) is 3.22. The van der Waals surface area contributed by atoms with Crippen molar-refractivity contribution in [1.82, 2.24) is 0 Å². The van der Waals surface area contributed by atoms with Crippen molar-refractivity contribution < 1.29 is 19.8 Å². The Balaban J connectivity index is 2.11. The van der Waals surface area contributed by atoms with E-state index in [9.17, 15) is 19.8 Å². The Hall–Kier alpha value is -1.17. The molecule has 2 unspecified atom stereocenters. The number of hydrogen-bond donors (Lipinski definition) is 2. The van der Waals surface area contributed by atoms with Gasteiger partial charge in [-0.15, -0.1) is 0 Å². The third-order valence-corrected chi connectivity index (χ3v) is 4.13. The van der Waals surface area contributed by atoms with Gasteiger partial charge >= 0.3 is 0 Å². The average molecular weight is 280 g/mol. The summed E-state index contributed by atoms with van der Waals surface area (Å²) in [6.07, 6.45) is -0.848. The number of fused-ring (bicyclic) bond motifs is 1. The number of aryl methyl sites for hydroxylation is 1. The summed E-state index contributed by atoms with van der Waals surface area (Å²) >= 11 is 0.973. The van der Waals surface area contributed by atoms with Gasteiger partial charge in [0.1, 0.15) is 6.10 Å². The van der Waals surface area contributed by atoms with E-state index >= 15 is 0 Å². The summed E-state index contributed by atoms with van der Waals surface area (Å²) in [4.78, 5) is 22.5. The van der Waals surface area contributed by atoms with Gasteiger partial charge in [0.05, 0.1) is 6.10 Å². The summed E-state index contributed by atoms with van der Waals surface area (Å²) in [6.45, 7) is 1.41. The summed E-state index contributed by atoms with van der Waals surface area (Å²) in [5, 5.41) is 19.8. The number of rotatable bonds is 4. The minimum absolute atomic E-state index is 0.0802. The topological polar surface area (TPSA) is 74.6 Å². The molecule has 1 aliphatic carbocycles. The third kappa shape index (κ3) is 3.23. The summed E-state index contributed by atoms with van der Waals surface area (Å²) in [5.74, 6) is 0.221. The maximum atomic E-state index is 11.6. The van der Waals surface area contributed by atoms with Gasteiger partial charge in [-0.1, -0.05) is 23.9 Å². The van der Waals surface area contributed by atoms with E-state index in [1.54, 1.807) is 12.1 Å². The number of aliphatic hydroxyl groups excluding tert-OH is 2. The SMILES string of the molecule is CC(=O)SCC(O)C(O)c1ccc2c(c1)C(=O)CC2. The molecule has 2 atom stereocenters. The first-order chi connectivity index (χ1) is 8.99. The molecule has 0 fully saturated rings. The van der Waals surface area contributed by atoms with Crippen LogP contribution in [0.2, 0.25) is 0 Å². The molecule has 2 N–H and O–H groups in total. The smallest absolute Gasteiger partial charge is 0.185 e. The van der Waals surface area contributed by atoms with Crippen LogP contribution in [0.15, 0.2) is 18.2 Å². The van der Waals surface area contributed by atoms with E-state index in [1.165, 1.54) is 6.92 Å². The van der Waals surface area contributed by atoms with Crippen LogP contribution in [0.4, 0.5) is 0 Å². The van der Waals surface area contributed by atoms with Gasteiger partial charge in [0.2, 0.25) is 0 Å². The van der Waals surface area contributed by atoms with E-state index in [-0.39, 0.29) is 16.7 Å². The van der Waals surface area contributed by atoms with Crippen molar-refractivity contribution in [3.8, 4) is 0 Å². The number of thioether (sulfide) groups is 1. The van der Waals surface area contributed by atoms with Gasteiger partial charge in [-0.3, -0.25) is 9.59 Å². The number of carbonyl (C=O) groups is 2. The molecule has 102 valence electrons. The molecule has 5 heteroatoms. The van der Waals surface area contributed by atoms with E-state index in [4.69, 9.17) is 0 Å². The van der Waals surface area contributed by atoms with E-state index < -0.39 is 12.2 Å². The molecule has 0 bridgehead atoms. The fraction of sp³-hybridized carbons (Fsp3) is 0.429. The lowest BCUT2D eigenvalue weighted by Crippen LogP contribution is -2.21. The Morgan fingerprint density at radius 2 is 2.11 bits per heavy atom. The quantitative estimate of drug-likeness (QED) is 0.874. The minimum Gasteiger partial charge on any atom is -0.389 e. The maximum absolute atomic E-state index is 11.6. The Labute approximate surface area is 115 Å². The summed E-state index contributed by atoms with van der Waals surface area (Å²) in [6, 6.07) is 5.20. The highest BCUT2D eigenvalue weighted by Crippen LogP contribution is 2.27. The van der Waals surface area contributed by atoms with Crippen molar-refractivity contribution in [1.29, 1.82) is 0 Å². The molecule has 0 aliphatic heterocycles.